The third kappa shape index (κ3) is 5.35. The smallest absolute Gasteiger partial charge is 0.247 e. The average molecular weight is 486 g/mol. The highest BCUT2D eigenvalue weighted by Gasteiger charge is 2.38. The van der Waals surface area contributed by atoms with Gasteiger partial charge in [0.05, 0.1) is 12.3 Å². The highest BCUT2D eigenvalue weighted by Crippen LogP contribution is 2.37. The van der Waals surface area contributed by atoms with Crippen LogP contribution in [-0.2, 0) is 16.6 Å². The van der Waals surface area contributed by atoms with Gasteiger partial charge in [0.2, 0.25) is 10.0 Å². The monoisotopic (exact) mass is 485 g/mol. The van der Waals surface area contributed by atoms with Crippen LogP contribution in [0.3, 0.4) is 0 Å². The van der Waals surface area contributed by atoms with E-state index in [-0.39, 0.29) is 30.1 Å². The Kier molecular flexibility index (Phi) is 7.72. The third-order valence-corrected chi connectivity index (χ3v) is 8.75. The van der Waals surface area contributed by atoms with Crippen molar-refractivity contribution in [3.8, 4) is 5.75 Å². The zero-order valence-electron chi connectivity index (χ0n) is 20.2. The summed E-state index contributed by atoms with van der Waals surface area (Å²) in [5, 5.41) is 9.82. The largest absolute Gasteiger partial charge is 0.487 e. The highest BCUT2D eigenvalue weighted by molar-refractivity contribution is 7.89. The molecule has 0 spiro atoms. The van der Waals surface area contributed by atoms with Crippen LogP contribution in [-0.4, -0.2) is 66.6 Å². The first kappa shape index (κ1) is 24.9. The summed E-state index contributed by atoms with van der Waals surface area (Å²) in [5.41, 5.74) is 3.22. The van der Waals surface area contributed by atoms with E-state index in [9.17, 15) is 13.5 Å². The summed E-state index contributed by atoms with van der Waals surface area (Å²) in [6.45, 7) is 5.08. The van der Waals surface area contributed by atoms with Crippen molar-refractivity contribution < 1.29 is 18.3 Å². The normalized spacial score (nSPS) is 23.5. The Morgan fingerprint density at radius 1 is 1.29 bits per heavy atom. The van der Waals surface area contributed by atoms with Crippen molar-refractivity contribution in [1.29, 1.82) is 0 Å². The summed E-state index contributed by atoms with van der Waals surface area (Å²) in [4.78, 5) is 6.74. The van der Waals surface area contributed by atoms with Crippen LogP contribution >= 0.6 is 0 Å². The number of nitrogens with zero attached hydrogens (tertiary/aromatic N) is 3. The van der Waals surface area contributed by atoms with Gasteiger partial charge in [-0.3, -0.25) is 9.88 Å². The number of likely N-dealkylation sites (N-methyl/N-ethyl adjacent to an activating group) is 1. The number of ether oxygens (including phenoxy) is 1. The van der Waals surface area contributed by atoms with E-state index >= 15 is 0 Å². The van der Waals surface area contributed by atoms with E-state index in [4.69, 9.17) is 4.74 Å². The molecule has 0 saturated heterocycles. The minimum absolute atomic E-state index is 0.0857. The molecule has 0 saturated carbocycles. The molecular weight excluding hydrogens is 450 g/mol. The molecular formula is C26H35N3O4S. The molecule has 1 aliphatic carbocycles. The fourth-order valence-corrected chi connectivity index (χ4v) is 6.54. The van der Waals surface area contributed by atoms with Crippen molar-refractivity contribution in [3.05, 3.63) is 59.9 Å². The molecule has 2 aromatic rings. The maximum atomic E-state index is 13.6. The SMILES string of the molecule is C[C@@H]1CN([C@H](C)CO)S(=O)(=O)c2ccc(C3=CCCC3)cc2O[C@H]1CN(C)Cc1ccccn1. The summed E-state index contributed by atoms with van der Waals surface area (Å²) >= 11 is 0. The van der Waals surface area contributed by atoms with Gasteiger partial charge in [0.25, 0.3) is 0 Å². The molecule has 184 valence electrons. The second kappa shape index (κ2) is 10.6. The predicted octanol–water partition coefficient (Wildman–Crippen LogP) is 3.55. The average Bonchev–Trinajstić information content (AvgIpc) is 3.36. The highest BCUT2D eigenvalue weighted by atomic mass is 32.2. The molecule has 1 aromatic carbocycles. The van der Waals surface area contributed by atoms with E-state index in [1.54, 1.807) is 19.2 Å². The van der Waals surface area contributed by atoms with Gasteiger partial charge < -0.3 is 9.84 Å². The lowest BCUT2D eigenvalue weighted by Crippen LogP contribution is -2.49. The van der Waals surface area contributed by atoms with Gasteiger partial charge in [-0.05, 0) is 68.6 Å². The zero-order valence-corrected chi connectivity index (χ0v) is 21.0. The van der Waals surface area contributed by atoms with Gasteiger partial charge in [-0.25, -0.2) is 8.42 Å². The summed E-state index contributed by atoms with van der Waals surface area (Å²) in [6.07, 6.45) is 6.93. The Bertz CT molecular complexity index is 1120. The molecule has 1 aliphatic heterocycles. The van der Waals surface area contributed by atoms with Gasteiger partial charge in [-0.15, -0.1) is 0 Å². The molecule has 0 radical (unpaired) electrons. The zero-order chi connectivity index (χ0) is 24.3. The number of fused-ring (bicyclic) bond motifs is 1. The van der Waals surface area contributed by atoms with Crippen molar-refractivity contribution in [1.82, 2.24) is 14.2 Å². The van der Waals surface area contributed by atoms with Crippen LogP contribution in [0.25, 0.3) is 5.57 Å². The molecule has 0 amide bonds. The number of benzene rings is 1. The molecule has 3 atom stereocenters. The standard InChI is InChI=1S/C26H35N3O4S/c1-19-15-29(20(2)18-30)34(31,32)26-12-11-22(21-8-4-5-9-21)14-24(26)33-25(19)17-28(3)16-23-10-6-7-13-27-23/h6-8,10-14,19-20,25,30H,4-5,9,15-18H2,1-3H3/t19-,20-,25+/m1/s1. The third-order valence-electron chi connectivity index (χ3n) is 6.73. The molecule has 1 N–H and O–H groups in total. The number of pyridine rings is 1. The lowest BCUT2D eigenvalue weighted by atomic mass is 10.0. The van der Waals surface area contributed by atoms with Crippen molar-refractivity contribution in [2.45, 2.75) is 56.7 Å². The van der Waals surface area contributed by atoms with Gasteiger partial charge in [0.1, 0.15) is 16.7 Å². The number of aliphatic hydroxyl groups excluding tert-OH is 1. The first-order valence-electron chi connectivity index (χ1n) is 12.0. The number of aliphatic hydroxyl groups is 1. The first-order chi connectivity index (χ1) is 16.3. The predicted molar refractivity (Wildman–Crippen MR) is 133 cm³/mol. The van der Waals surface area contributed by atoms with Crippen LogP contribution < -0.4 is 4.74 Å². The van der Waals surface area contributed by atoms with Gasteiger partial charge in [-0.2, -0.15) is 4.31 Å². The number of hydrogen-bond donors (Lipinski definition) is 1. The van der Waals surface area contributed by atoms with Gasteiger partial charge in [0.15, 0.2) is 0 Å². The van der Waals surface area contributed by atoms with Crippen LogP contribution in [0.15, 0.2) is 53.6 Å². The van der Waals surface area contributed by atoms with Gasteiger partial charge in [-0.1, -0.05) is 25.1 Å². The van der Waals surface area contributed by atoms with Crippen LogP contribution in [0.1, 0.15) is 44.4 Å². The van der Waals surface area contributed by atoms with Crippen molar-refractivity contribution >= 4 is 15.6 Å². The fraction of sp³-hybridized carbons (Fsp3) is 0.500. The van der Waals surface area contributed by atoms with Crippen molar-refractivity contribution in [2.24, 2.45) is 5.92 Å². The molecule has 34 heavy (non-hydrogen) atoms. The summed E-state index contributed by atoms with van der Waals surface area (Å²) in [6, 6.07) is 10.8. The van der Waals surface area contributed by atoms with Gasteiger partial charge >= 0.3 is 0 Å². The molecule has 2 heterocycles. The van der Waals surface area contributed by atoms with E-state index in [1.807, 2.05) is 44.3 Å². The maximum Gasteiger partial charge on any atom is 0.247 e. The first-order valence-corrected chi connectivity index (χ1v) is 13.4. The van der Waals surface area contributed by atoms with Crippen LogP contribution in [0.4, 0.5) is 0 Å². The van der Waals surface area contributed by atoms with Gasteiger partial charge in [0, 0.05) is 37.8 Å². The Hall–Kier alpha value is -2.26. The fourth-order valence-electron chi connectivity index (χ4n) is 4.72. The number of sulfonamides is 1. The minimum Gasteiger partial charge on any atom is -0.487 e. The lowest BCUT2D eigenvalue weighted by Gasteiger charge is -2.37. The molecule has 0 fully saturated rings. The van der Waals surface area contributed by atoms with Crippen LogP contribution in [0, 0.1) is 5.92 Å². The topological polar surface area (TPSA) is 83.0 Å². The van der Waals surface area contributed by atoms with Crippen molar-refractivity contribution in [3.63, 3.8) is 0 Å². The Balaban J connectivity index is 1.69. The number of aromatic nitrogens is 1. The van der Waals surface area contributed by atoms with Crippen LogP contribution in [0.2, 0.25) is 0 Å². The minimum atomic E-state index is -3.82. The molecule has 8 heteroatoms. The van der Waals surface area contributed by atoms with Crippen LogP contribution in [0.5, 0.6) is 5.75 Å². The van der Waals surface area contributed by atoms with E-state index < -0.39 is 16.1 Å². The number of hydrogen-bond acceptors (Lipinski definition) is 6. The molecule has 0 bridgehead atoms. The van der Waals surface area contributed by atoms with E-state index in [2.05, 4.69) is 16.0 Å². The Morgan fingerprint density at radius 3 is 2.79 bits per heavy atom. The Labute approximate surface area is 203 Å². The van der Waals surface area contributed by atoms with E-state index in [0.717, 1.165) is 30.5 Å². The summed E-state index contributed by atoms with van der Waals surface area (Å²) in [7, 11) is -1.80. The van der Waals surface area contributed by atoms with E-state index in [1.165, 1.54) is 9.88 Å². The Morgan fingerprint density at radius 2 is 2.12 bits per heavy atom. The maximum absolute atomic E-state index is 13.6. The second-order valence-electron chi connectivity index (χ2n) is 9.54. The lowest BCUT2D eigenvalue weighted by molar-refractivity contribution is 0.0730. The summed E-state index contributed by atoms with van der Waals surface area (Å²) < 4.78 is 35.2. The second-order valence-corrected chi connectivity index (χ2v) is 11.4. The van der Waals surface area contributed by atoms with E-state index in [0.29, 0.717) is 18.8 Å². The quantitative estimate of drug-likeness (QED) is 0.646. The van der Waals surface area contributed by atoms with Crippen molar-refractivity contribution in [2.75, 3.05) is 26.7 Å². The number of allylic oxidation sites excluding steroid dienone is 2. The molecule has 0 unspecified atom stereocenters. The summed E-state index contributed by atoms with van der Waals surface area (Å²) in [5.74, 6) is 0.306. The molecule has 2 aliphatic rings. The number of rotatable bonds is 7. The molecule has 4 rings (SSSR count). The molecule has 1 aromatic heterocycles. The molecule has 7 nitrogen and oxygen atoms in total.